The first kappa shape index (κ1) is 16.6. The first-order valence-corrected chi connectivity index (χ1v) is 4.33. The third-order valence-electron chi connectivity index (χ3n) is 1.21. The van der Waals surface area contributed by atoms with Gasteiger partial charge in [0.25, 0.3) is 0 Å². The van der Waals surface area contributed by atoms with Gasteiger partial charge in [-0.3, -0.25) is 0 Å². The van der Waals surface area contributed by atoms with Gasteiger partial charge in [-0.15, -0.1) is 0 Å². The molecule has 61 valence electrons. The highest BCUT2D eigenvalue weighted by Gasteiger charge is 1.68. The lowest BCUT2D eigenvalue weighted by molar-refractivity contribution is 0.772. The molecule has 0 atom stereocenters. The lowest BCUT2D eigenvalue weighted by Gasteiger charge is -1.79. The van der Waals surface area contributed by atoms with Gasteiger partial charge in [0.2, 0.25) is 0 Å². The molecule has 0 aliphatic rings. The summed E-state index contributed by atoms with van der Waals surface area (Å²) in [5.74, 6) is 0. The number of hydrogen-bond donors (Lipinski definition) is 0. The minimum atomic E-state index is 0. The Morgan fingerprint density at radius 1 is 0.600 bits per heavy atom. The minimum absolute atomic E-state index is 0. The zero-order valence-corrected chi connectivity index (χ0v) is 8.11. The van der Waals surface area contributed by atoms with Crippen molar-refractivity contribution in [1.82, 2.24) is 0 Å². The van der Waals surface area contributed by atoms with Gasteiger partial charge in [0.15, 0.2) is 0 Å². The maximum absolute atomic E-state index is 2.21. The highest BCUT2D eigenvalue weighted by molar-refractivity contribution is 5.75. The average molecular weight is 141 g/mol. The van der Waals surface area contributed by atoms with E-state index in [-0.39, 0.29) is 8.41 Å². The molecule has 0 heterocycles. The average Bonchev–Trinajstić information content (AvgIpc) is 1.91. The van der Waals surface area contributed by atoms with Gasteiger partial charge in [-0.25, -0.2) is 0 Å². The van der Waals surface area contributed by atoms with Crippen LogP contribution in [0.3, 0.4) is 0 Å². The first-order chi connectivity index (χ1) is 4.33. The van der Waals surface area contributed by atoms with E-state index >= 15 is 0 Å². The smallest absolute Gasteiger partial charge is 0 e. The molecular weight excluding hydrogens is 119 g/mol. The highest BCUT2D eigenvalue weighted by Crippen LogP contribution is 1.88. The molecule has 0 fully saturated rings. The van der Waals surface area contributed by atoms with Crippen molar-refractivity contribution in [1.29, 1.82) is 0 Å². The molecule has 0 saturated heterocycles. The zero-order chi connectivity index (χ0) is 7.54. The van der Waals surface area contributed by atoms with Crippen molar-refractivity contribution in [3.05, 3.63) is 0 Å². The molecule has 0 aromatic rings. The number of rotatable bonds is 3. The van der Waals surface area contributed by atoms with E-state index in [4.69, 9.17) is 0 Å². The van der Waals surface area contributed by atoms with Gasteiger partial charge in [-0.05, 0) is 0 Å². The Morgan fingerprint density at radius 3 is 0.900 bits per heavy atom. The molecule has 0 amide bonds. The van der Waals surface area contributed by atoms with Gasteiger partial charge in [0.05, 0.1) is 0 Å². The van der Waals surface area contributed by atoms with Crippen LogP contribution >= 0.6 is 0 Å². The molecule has 0 rings (SSSR count). The van der Waals surface area contributed by atoms with Gasteiger partial charge >= 0.3 is 0 Å². The van der Waals surface area contributed by atoms with Gasteiger partial charge in [0, 0.05) is 8.41 Å². The summed E-state index contributed by atoms with van der Waals surface area (Å²) in [5, 5.41) is 0. The number of unbranched alkanes of at least 4 members (excludes halogenated alkanes) is 3. The van der Waals surface area contributed by atoms with E-state index in [1.807, 2.05) is 0 Å². The molecule has 0 bridgehead atoms. The Hall–Kier alpha value is 0.0649. The van der Waals surface area contributed by atoms with Gasteiger partial charge in [0.1, 0.15) is 0 Å². The van der Waals surface area contributed by atoms with E-state index in [0.717, 1.165) is 0 Å². The summed E-state index contributed by atoms with van der Waals surface area (Å²) in [7, 11) is 0. The fraction of sp³-hybridized carbons (Fsp3) is 1.00. The fourth-order valence-electron chi connectivity index (χ4n) is 0.354. The minimum Gasteiger partial charge on any atom is -0.0654 e. The van der Waals surface area contributed by atoms with Crippen LogP contribution in [0.25, 0.3) is 0 Å². The molecule has 0 N–H and O–H groups in total. The van der Waals surface area contributed by atoms with E-state index in [0.29, 0.717) is 0 Å². The lowest BCUT2D eigenvalue weighted by Crippen LogP contribution is -1.59. The normalized spacial score (nSPS) is 7.20. The lowest BCUT2D eigenvalue weighted by atomic mass is 10.3. The van der Waals surface area contributed by atoms with Crippen LogP contribution in [0.5, 0.6) is 0 Å². The molecule has 0 aromatic carbocycles. The highest BCUT2D eigenvalue weighted by atomic mass is 13.7. The van der Waals surface area contributed by atoms with Crippen LogP contribution in [-0.2, 0) is 0 Å². The van der Waals surface area contributed by atoms with Crippen LogP contribution in [0.2, 0.25) is 0 Å². The maximum Gasteiger partial charge on any atom is 0 e. The molecule has 0 unspecified atom stereocenters. The molecule has 0 aliphatic heterocycles. The summed E-state index contributed by atoms with van der Waals surface area (Å²) in [6.45, 7) is 8.78. The Kier molecular flexibility index (Phi) is 38.1. The third kappa shape index (κ3) is 42.9. The van der Waals surface area contributed by atoms with Gasteiger partial charge in [-0.2, -0.15) is 0 Å². The maximum atomic E-state index is 2.21. The standard InChI is InChI=1S/C5H12.C4H10.B/c1-3-5-4-2;1-3-4-2;/h3-5H2,1-2H3;3-4H2,1-2H3;. The van der Waals surface area contributed by atoms with Crippen molar-refractivity contribution < 1.29 is 0 Å². The van der Waals surface area contributed by atoms with Crippen LogP contribution in [0.1, 0.15) is 59.8 Å². The molecule has 10 heavy (non-hydrogen) atoms. The molecule has 3 radical (unpaired) electrons. The van der Waals surface area contributed by atoms with Crippen molar-refractivity contribution in [3.63, 3.8) is 0 Å². The van der Waals surface area contributed by atoms with Crippen LogP contribution < -0.4 is 0 Å². The number of hydrogen-bond acceptors (Lipinski definition) is 0. The van der Waals surface area contributed by atoms with Gasteiger partial charge in [-0.1, -0.05) is 59.8 Å². The van der Waals surface area contributed by atoms with Crippen molar-refractivity contribution in [2.75, 3.05) is 0 Å². The molecule has 0 aliphatic carbocycles. The second kappa shape index (κ2) is 23.0. The molecule has 0 spiro atoms. The largest absolute Gasteiger partial charge is 0.0654 e. The monoisotopic (exact) mass is 141 g/mol. The Balaban J connectivity index is -0.0000000910. The van der Waals surface area contributed by atoms with E-state index in [1.54, 1.807) is 0 Å². The summed E-state index contributed by atoms with van der Waals surface area (Å²) in [4.78, 5) is 0. The van der Waals surface area contributed by atoms with E-state index in [9.17, 15) is 0 Å². The quantitative estimate of drug-likeness (QED) is 0.526. The Labute approximate surface area is 69.0 Å². The van der Waals surface area contributed by atoms with Crippen molar-refractivity contribution >= 4 is 8.41 Å². The fourth-order valence-corrected chi connectivity index (χ4v) is 0.354. The predicted octanol–water partition coefficient (Wildman–Crippen LogP) is 3.62. The third-order valence-corrected chi connectivity index (χ3v) is 1.21. The van der Waals surface area contributed by atoms with Crippen LogP contribution in [0.15, 0.2) is 0 Å². The molecule has 0 saturated carbocycles. The molecular formula is C9H22B. The first-order valence-electron chi connectivity index (χ1n) is 4.33. The second-order valence-corrected chi connectivity index (χ2v) is 2.35. The zero-order valence-electron chi connectivity index (χ0n) is 8.11. The Bertz CT molecular complexity index is 23.9. The van der Waals surface area contributed by atoms with Crippen molar-refractivity contribution in [2.45, 2.75) is 59.8 Å². The van der Waals surface area contributed by atoms with Gasteiger partial charge < -0.3 is 0 Å². The van der Waals surface area contributed by atoms with Crippen molar-refractivity contribution in [3.8, 4) is 0 Å². The SMILES string of the molecule is CCCC.CCCCC.[B]. The molecule has 0 aromatic heterocycles. The summed E-state index contributed by atoms with van der Waals surface area (Å²) in [5.41, 5.74) is 0. The van der Waals surface area contributed by atoms with Crippen LogP contribution in [0.4, 0.5) is 0 Å². The van der Waals surface area contributed by atoms with E-state index < -0.39 is 0 Å². The Morgan fingerprint density at radius 2 is 0.900 bits per heavy atom. The van der Waals surface area contributed by atoms with E-state index in [1.165, 1.54) is 32.1 Å². The van der Waals surface area contributed by atoms with E-state index in [2.05, 4.69) is 27.7 Å². The van der Waals surface area contributed by atoms with Crippen LogP contribution in [-0.4, -0.2) is 8.41 Å². The van der Waals surface area contributed by atoms with Crippen LogP contribution in [0, 0.1) is 0 Å². The summed E-state index contributed by atoms with van der Waals surface area (Å²) >= 11 is 0. The predicted molar refractivity (Wildman–Crippen MR) is 51.5 cm³/mol. The molecule has 1 heteroatoms. The summed E-state index contributed by atoms with van der Waals surface area (Å²) in [6, 6.07) is 0. The van der Waals surface area contributed by atoms with Crippen molar-refractivity contribution in [2.24, 2.45) is 0 Å². The topological polar surface area (TPSA) is 0 Å². The summed E-state index contributed by atoms with van der Waals surface area (Å²) in [6.07, 6.45) is 6.72. The second-order valence-electron chi connectivity index (χ2n) is 2.35. The molecule has 0 nitrogen and oxygen atoms in total. The summed E-state index contributed by atoms with van der Waals surface area (Å²) < 4.78 is 0.